The Morgan fingerprint density at radius 3 is 2.48 bits per heavy atom. The molecule has 1 fully saturated rings. The second-order valence-corrected chi connectivity index (χ2v) is 8.84. The zero-order valence-corrected chi connectivity index (χ0v) is 19.1. The quantitative estimate of drug-likeness (QED) is 0.577. The number of aromatic nitrogens is 2. The summed E-state index contributed by atoms with van der Waals surface area (Å²) in [6.07, 6.45) is 3.07. The predicted octanol–water partition coefficient (Wildman–Crippen LogP) is 2.31. The van der Waals surface area contributed by atoms with Crippen LogP contribution in [0.1, 0.15) is 37.3 Å². The molecule has 8 nitrogen and oxygen atoms in total. The molecule has 1 aliphatic heterocycles. The Morgan fingerprint density at radius 1 is 1.16 bits per heavy atom. The first-order valence-electron chi connectivity index (χ1n) is 10.3. The van der Waals surface area contributed by atoms with E-state index < -0.39 is 17.1 Å². The predicted molar refractivity (Wildman–Crippen MR) is 123 cm³/mol. The highest BCUT2D eigenvalue weighted by Gasteiger charge is 2.26. The van der Waals surface area contributed by atoms with Crippen molar-refractivity contribution < 1.29 is 9.90 Å². The average Bonchev–Trinajstić information content (AvgIpc) is 2.76. The number of piperidine rings is 1. The van der Waals surface area contributed by atoms with E-state index in [1.54, 1.807) is 12.1 Å². The van der Waals surface area contributed by atoms with Crippen LogP contribution in [0.15, 0.2) is 38.8 Å². The number of aromatic hydroxyl groups is 1. The maximum absolute atomic E-state index is 12.8. The second kappa shape index (κ2) is 9.55. The van der Waals surface area contributed by atoms with Crippen LogP contribution in [0.3, 0.4) is 0 Å². The minimum absolute atomic E-state index is 0.0325. The van der Waals surface area contributed by atoms with Gasteiger partial charge in [0.1, 0.15) is 10.6 Å². The Bertz CT molecular complexity index is 1120. The van der Waals surface area contributed by atoms with Crippen molar-refractivity contribution in [3.63, 3.8) is 0 Å². The van der Waals surface area contributed by atoms with Crippen molar-refractivity contribution in [2.45, 2.75) is 39.2 Å². The molecule has 0 aliphatic carbocycles. The number of amides is 1. The molecule has 1 aromatic heterocycles. The van der Waals surface area contributed by atoms with Crippen molar-refractivity contribution in [3.8, 4) is 5.88 Å². The molecule has 2 heterocycles. The standard InChI is InChI=1S/C22H28N4O4S/c1-14-8-10-16(11-9-14)23-19(18-20(28)24(3)22(30)25(4)21(18)29)31-13-17(27)26-12-6-5-7-15(26)2/h8-11,15,28H,5-7,12-13H2,1-4H3/t15-/m0/s1. The van der Waals surface area contributed by atoms with Gasteiger partial charge in [-0.3, -0.25) is 18.7 Å². The molecule has 0 bridgehead atoms. The topological polar surface area (TPSA) is 96.9 Å². The summed E-state index contributed by atoms with van der Waals surface area (Å²) in [6, 6.07) is 7.56. The van der Waals surface area contributed by atoms with Crippen molar-refractivity contribution in [1.29, 1.82) is 0 Å². The van der Waals surface area contributed by atoms with Gasteiger partial charge in [0.05, 0.1) is 11.4 Å². The lowest BCUT2D eigenvalue weighted by Gasteiger charge is -2.33. The van der Waals surface area contributed by atoms with Gasteiger partial charge < -0.3 is 10.0 Å². The molecule has 1 amide bonds. The SMILES string of the molecule is Cc1ccc(N=C(SCC(=O)N2CCCC[C@@H]2C)c2c(O)n(C)c(=O)n(C)c2=O)cc1. The van der Waals surface area contributed by atoms with Crippen LogP contribution >= 0.6 is 11.8 Å². The van der Waals surface area contributed by atoms with Gasteiger partial charge in [0, 0.05) is 26.7 Å². The molecule has 2 aromatic rings. The lowest BCUT2D eigenvalue weighted by atomic mass is 10.0. The monoisotopic (exact) mass is 444 g/mol. The number of nitrogens with zero attached hydrogens (tertiary/aromatic N) is 4. The zero-order chi connectivity index (χ0) is 22.7. The fourth-order valence-corrected chi connectivity index (χ4v) is 4.52. The highest BCUT2D eigenvalue weighted by molar-refractivity contribution is 8.15. The van der Waals surface area contributed by atoms with E-state index in [4.69, 9.17) is 0 Å². The highest BCUT2D eigenvalue weighted by atomic mass is 32.2. The Balaban J connectivity index is 2.01. The van der Waals surface area contributed by atoms with E-state index in [9.17, 15) is 19.5 Å². The summed E-state index contributed by atoms with van der Waals surface area (Å²) < 4.78 is 1.92. The van der Waals surface area contributed by atoms with Gasteiger partial charge >= 0.3 is 5.69 Å². The van der Waals surface area contributed by atoms with E-state index in [0.29, 0.717) is 5.69 Å². The molecule has 1 saturated heterocycles. The van der Waals surface area contributed by atoms with Crippen molar-refractivity contribution >= 4 is 28.4 Å². The number of thioether (sulfide) groups is 1. The van der Waals surface area contributed by atoms with Gasteiger partial charge in [-0.05, 0) is 45.2 Å². The molecule has 0 spiro atoms. The normalized spacial score (nSPS) is 17.1. The third kappa shape index (κ3) is 4.92. The van der Waals surface area contributed by atoms with Crippen LogP contribution in [0, 0.1) is 6.92 Å². The number of benzene rings is 1. The minimum Gasteiger partial charge on any atom is -0.494 e. The van der Waals surface area contributed by atoms with Crippen molar-refractivity contribution in [2.24, 2.45) is 19.1 Å². The molecular formula is C22H28N4O4S. The summed E-state index contributed by atoms with van der Waals surface area (Å²) in [7, 11) is 2.73. The lowest BCUT2D eigenvalue weighted by molar-refractivity contribution is -0.131. The first-order valence-corrected chi connectivity index (χ1v) is 11.3. The molecule has 3 rings (SSSR count). The summed E-state index contributed by atoms with van der Waals surface area (Å²) in [6.45, 7) is 4.71. The third-order valence-corrected chi connectivity index (χ3v) is 6.53. The number of hydrogen-bond acceptors (Lipinski definition) is 6. The lowest BCUT2D eigenvalue weighted by Crippen LogP contribution is -2.43. The molecule has 0 unspecified atom stereocenters. The first-order chi connectivity index (χ1) is 14.7. The van der Waals surface area contributed by atoms with E-state index in [1.807, 2.05) is 30.9 Å². The molecule has 1 aliphatic rings. The van der Waals surface area contributed by atoms with Crippen molar-refractivity contribution in [3.05, 3.63) is 56.2 Å². The summed E-state index contributed by atoms with van der Waals surface area (Å²) >= 11 is 1.10. The van der Waals surface area contributed by atoms with Crippen LogP contribution in [0.4, 0.5) is 5.69 Å². The smallest absolute Gasteiger partial charge is 0.333 e. The van der Waals surface area contributed by atoms with Gasteiger partial charge in [0.25, 0.3) is 5.56 Å². The van der Waals surface area contributed by atoms with Crippen molar-refractivity contribution in [1.82, 2.24) is 14.0 Å². The Morgan fingerprint density at radius 2 is 1.84 bits per heavy atom. The number of carbonyl (C=O) groups excluding carboxylic acids is 1. The maximum Gasteiger partial charge on any atom is 0.333 e. The van der Waals surface area contributed by atoms with Crippen LogP contribution < -0.4 is 11.2 Å². The zero-order valence-electron chi connectivity index (χ0n) is 18.3. The largest absolute Gasteiger partial charge is 0.494 e. The van der Waals surface area contributed by atoms with Crippen LogP contribution in [0.25, 0.3) is 0 Å². The summed E-state index contributed by atoms with van der Waals surface area (Å²) in [5, 5.41) is 10.8. The van der Waals surface area contributed by atoms with Gasteiger partial charge in [-0.15, -0.1) is 0 Å². The first kappa shape index (κ1) is 22.9. The van der Waals surface area contributed by atoms with Gasteiger partial charge in [-0.1, -0.05) is 29.5 Å². The molecule has 1 atom stereocenters. The molecule has 166 valence electrons. The maximum atomic E-state index is 12.8. The van der Waals surface area contributed by atoms with Crippen LogP contribution in [-0.4, -0.2) is 48.4 Å². The Hall–Kier alpha value is -2.81. The van der Waals surface area contributed by atoms with Crippen LogP contribution in [0.5, 0.6) is 5.88 Å². The number of aliphatic imine (C=N–C) groups is 1. The number of hydrogen-bond donors (Lipinski definition) is 1. The van der Waals surface area contributed by atoms with Crippen LogP contribution in [0.2, 0.25) is 0 Å². The van der Waals surface area contributed by atoms with Crippen LogP contribution in [-0.2, 0) is 18.9 Å². The van der Waals surface area contributed by atoms with E-state index >= 15 is 0 Å². The molecule has 1 N–H and O–H groups in total. The summed E-state index contributed by atoms with van der Waals surface area (Å²) in [5.74, 6) is -0.416. The van der Waals surface area contributed by atoms with E-state index in [1.165, 1.54) is 14.1 Å². The van der Waals surface area contributed by atoms with E-state index in [0.717, 1.165) is 52.3 Å². The molecule has 0 radical (unpaired) electrons. The molecule has 31 heavy (non-hydrogen) atoms. The van der Waals surface area contributed by atoms with E-state index in [-0.39, 0.29) is 28.3 Å². The second-order valence-electron chi connectivity index (χ2n) is 7.88. The highest BCUT2D eigenvalue weighted by Crippen LogP contribution is 2.25. The van der Waals surface area contributed by atoms with Gasteiger partial charge in [0.2, 0.25) is 11.8 Å². The number of carbonyl (C=O) groups is 1. The molecule has 0 saturated carbocycles. The van der Waals surface area contributed by atoms with Gasteiger partial charge in [-0.2, -0.15) is 0 Å². The Labute approximate surface area is 185 Å². The molecule has 9 heteroatoms. The number of rotatable bonds is 4. The number of aryl methyl sites for hydroxylation is 1. The molecule has 1 aromatic carbocycles. The fourth-order valence-electron chi connectivity index (χ4n) is 3.60. The minimum atomic E-state index is -0.655. The van der Waals surface area contributed by atoms with E-state index in [2.05, 4.69) is 4.99 Å². The molecular weight excluding hydrogens is 416 g/mol. The van der Waals surface area contributed by atoms with Gasteiger partial charge in [-0.25, -0.2) is 9.79 Å². The summed E-state index contributed by atoms with van der Waals surface area (Å²) in [4.78, 5) is 44.3. The Kier molecular flexibility index (Phi) is 7.04. The fraction of sp³-hybridized carbons (Fsp3) is 0.455. The van der Waals surface area contributed by atoms with Gasteiger partial charge in [0.15, 0.2) is 0 Å². The van der Waals surface area contributed by atoms with Crippen molar-refractivity contribution in [2.75, 3.05) is 12.3 Å². The third-order valence-electron chi connectivity index (χ3n) is 5.57. The average molecular weight is 445 g/mol. The summed E-state index contributed by atoms with van der Waals surface area (Å²) in [5.41, 5.74) is 0.266. The number of likely N-dealkylation sites (tertiary alicyclic amines) is 1.